The van der Waals surface area contributed by atoms with Crippen molar-refractivity contribution in [1.29, 1.82) is 0 Å². The Kier molecular flexibility index (Phi) is 2.05. The van der Waals surface area contributed by atoms with Crippen LogP contribution < -0.4 is 5.73 Å². The van der Waals surface area contributed by atoms with Crippen LogP contribution in [0.15, 0.2) is 6.33 Å². The van der Waals surface area contributed by atoms with Crippen LogP contribution in [0.25, 0.3) is 0 Å². The van der Waals surface area contributed by atoms with Gasteiger partial charge in [-0.25, -0.2) is 4.98 Å². The third-order valence-corrected chi connectivity index (χ3v) is 2.11. The average molecular weight is 168 g/mol. The standard InChI is InChI=1S/C7H12N4O/c8-3-5-1-2-6(12-5)7-9-4-10-11-7/h4-6H,1-3,8H2,(H,9,10,11)/t5-,6+/m1/s1. The Hall–Kier alpha value is -0.940. The van der Waals surface area contributed by atoms with Crippen LogP contribution in [0.5, 0.6) is 0 Å². The number of hydrogen-bond donors (Lipinski definition) is 2. The van der Waals surface area contributed by atoms with Gasteiger partial charge >= 0.3 is 0 Å². The Bertz CT molecular complexity index is 236. The average Bonchev–Trinajstić information content (AvgIpc) is 2.75. The van der Waals surface area contributed by atoms with Gasteiger partial charge in [0.05, 0.1) is 6.10 Å². The molecule has 0 bridgehead atoms. The van der Waals surface area contributed by atoms with Crippen LogP contribution in [0.1, 0.15) is 24.8 Å². The van der Waals surface area contributed by atoms with E-state index in [9.17, 15) is 0 Å². The second-order valence-electron chi connectivity index (χ2n) is 2.93. The summed E-state index contributed by atoms with van der Waals surface area (Å²) >= 11 is 0. The summed E-state index contributed by atoms with van der Waals surface area (Å²) in [4.78, 5) is 4.03. The molecule has 1 aromatic heterocycles. The third kappa shape index (κ3) is 1.33. The molecule has 1 aromatic rings. The molecule has 1 fully saturated rings. The molecule has 0 amide bonds. The van der Waals surface area contributed by atoms with Crippen molar-refractivity contribution >= 4 is 0 Å². The van der Waals surface area contributed by atoms with Crippen LogP contribution in [0.2, 0.25) is 0 Å². The highest BCUT2D eigenvalue weighted by Gasteiger charge is 2.27. The van der Waals surface area contributed by atoms with Crippen LogP contribution in [-0.2, 0) is 4.74 Å². The number of hydrogen-bond acceptors (Lipinski definition) is 4. The van der Waals surface area contributed by atoms with Gasteiger partial charge in [-0.3, -0.25) is 5.10 Å². The van der Waals surface area contributed by atoms with Crippen LogP contribution >= 0.6 is 0 Å². The topological polar surface area (TPSA) is 76.8 Å². The second kappa shape index (κ2) is 3.20. The Balaban J connectivity index is 2.00. The van der Waals surface area contributed by atoms with Crippen molar-refractivity contribution in [2.75, 3.05) is 6.54 Å². The zero-order chi connectivity index (χ0) is 8.39. The number of aromatic nitrogens is 3. The molecule has 1 aliphatic heterocycles. The molecule has 0 radical (unpaired) electrons. The van der Waals surface area contributed by atoms with Gasteiger partial charge in [-0.1, -0.05) is 0 Å². The SMILES string of the molecule is NC[C@H]1CC[C@@H](c2ncn[nH]2)O1. The quantitative estimate of drug-likeness (QED) is 0.650. The van der Waals surface area contributed by atoms with Crippen LogP contribution in [-0.4, -0.2) is 27.8 Å². The molecule has 12 heavy (non-hydrogen) atoms. The maximum absolute atomic E-state index is 5.60. The minimum atomic E-state index is 0.0704. The third-order valence-electron chi connectivity index (χ3n) is 2.11. The minimum Gasteiger partial charge on any atom is -0.366 e. The first kappa shape index (κ1) is 7.70. The van der Waals surface area contributed by atoms with E-state index in [2.05, 4.69) is 15.2 Å². The minimum absolute atomic E-state index is 0.0704. The van der Waals surface area contributed by atoms with Crippen molar-refractivity contribution < 1.29 is 4.74 Å². The predicted octanol–water partition coefficient (Wildman–Crippen LogP) is -0.0165. The Labute approximate surface area is 70.3 Å². The molecule has 0 aromatic carbocycles. The Morgan fingerprint density at radius 1 is 1.67 bits per heavy atom. The van der Waals surface area contributed by atoms with E-state index in [4.69, 9.17) is 10.5 Å². The van der Waals surface area contributed by atoms with Crippen LogP contribution in [0, 0.1) is 0 Å². The molecule has 66 valence electrons. The van der Waals surface area contributed by atoms with Crippen molar-refractivity contribution in [3.8, 4) is 0 Å². The molecule has 1 aliphatic rings. The fraction of sp³-hybridized carbons (Fsp3) is 0.714. The summed E-state index contributed by atoms with van der Waals surface area (Å²) in [6, 6.07) is 0. The van der Waals surface area contributed by atoms with E-state index in [1.165, 1.54) is 6.33 Å². The molecule has 2 heterocycles. The monoisotopic (exact) mass is 168 g/mol. The van der Waals surface area contributed by atoms with Gasteiger partial charge in [0.1, 0.15) is 12.4 Å². The molecule has 1 saturated heterocycles. The number of nitrogens with one attached hydrogen (secondary N) is 1. The fourth-order valence-corrected chi connectivity index (χ4v) is 1.45. The lowest BCUT2D eigenvalue weighted by Crippen LogP contribution is -2.19. The lowest BCUT2D eigenvalue weighted by atomic mass is 10.2. The van der Waals surface area contributed by atoms with Crippen LogP contribution in [0.4, 0.5) is 0 Å². The Morgan fingerprint density at radius 2 is 2.58 bits per heavy atom. The van der Waals surface area contributed by atoms with E-state index in [0.29, 0.717) is 6.54 Å². The molecule has 2 atom stereocenters. The van der Waals surface area contributed by atoms with Crippen molar-refractivity contribution in [2.24, 2.45) is 5.73 Å². The maximum Gasteiger partial charge on any atom is 0.153 e. The van der Waals surface area contributed by atoms with Gasteiger partial charge in [0.2, 0.25) is 0 Å². The smallest absolute Gasteiger partial charge is 0.153 e. The van der Waals surface area contributed by atoms with E-state index in [0.717, 1.165) is 18.7 Å². The lowest BCUT2D eigenvalue weighted by Gasteiger charge is -2.08. The molecule has 0 spiro atoms. The number of aromatic amines is 1. The number of H-pyrrole nitrogens is 1. The number of nitrogens with zero attached hydrogens (tertiary/aromatic N) is 2. The maximum atomic E-state index is 5.60. The first-order chi connectivity index (χ1) is 5.90. The summed E-state index contributed by atoms with van der Waals surface area (Å²) in [5.74, 6) is 0.811. The number of rotatable bonds is 2. The predicted molar refractivity (Wildman–Crippen MR) is 42.3 cm³/mol. The molecule has 0 aliphatic carbocycles. The second-order valence-corrected chi connectivity index (χ2v) is 2.93. The van der Waals surface area contributed by atoms with E-state index >= 15 is 0 Å². The van der Waals surface area contributed by atoms with Gasteiger partial charge in [0.25, 0.3) is 0 Å². The van der Waals surface area contributed by atoms with Gasteiger partial charge in [0, 0.05) is 6.54 Å². The van der Waals surface area contributed by atoms with Crippen molar-refractivity contribution in [2.45, 2.75) is 25.0 Å². The fourth-order valence-electron chi connectivity index (χ4n) is 1.45. The number of nitrogens with two attached hydrogens (primary N) is 1. The summed E-state index contributed by atoms with van der Waals surface area (Å²) in [6.07, 6.45) is 3.76. The first-order valence-electron chi connectivity index (χ1n) is 4.11. The summed E-state index contributed by atoms with van der Waals surface area (Å²) in [5, 5.41) is 6.57. The number of ether oxygens (including phenoxy) is 1. The zero-order valence-corrected chi connectivity index (χ0v) is 6.73. The molecular formula is C7H12N4O. The first-order valence-corrected chi connectivity index (χ1v) is 4.11. The van der Waals surface area contributed by atoms with Gasteiger partial charge < -0.3 is 10.5 Å². The summed E-state index contributed by atoms with van der Waals surface area (Å²) in [6.45, 7) is 0.588. The highest BCUT2D eigenvalue weighted by Crippen LogP contribution is 2.29. The van der Waals surface area contributed by atoms with Gasteiger partial charge in [-0.05, 0) is 12.8 Å². The molecule has 5 heteroatoms. The lowest BCUT2D eigenvalue weighted by molar-refractivity contribution is 0.0450. The molecular weight excluding hydrogens is 156 g/mol. The van der Waals surface area contributed by atoms with E-state index < -0.39 is 0 Å². The zero-order valence-electron chi connectivity index (χ0n) is 6.73. The summed E-state index contributed by atoms with van der Waals surface area (Å²) in [7, 11) is 0. The van der Waals surface area contributed by atoms with Gasteiger partial charge in [-0.15, -0.1) is 0 Å². The highest BCUT2D eigenvalue weighted by atomic mass is 16.5. The van der Waals surface area contributed by atoms with E-state index in [-0.39, 0.29) is 12.2 Å². The van der Waals surface area contributed by atoms with Crippen molar-refractivity contribution in [1.82, 2.24) is 15.2 Å². The van der Waals surface area contributed by atoms with Crippen molar-refractivity contribution in [3.05, 3.63) is 12.2 Å². The normalized spacial score (nSPS) is 29.4. The van der Waals surface area contributed by atoms with Crippen LogP contribution in [0.3, 0.4) is 0 Å². The molecule has 5 nitrogen and oxygen atoms in total. The van der Waals surface area contributed by atoms with Gasteiger partial charge in [-0.2, -0.15) is 5.10 Å². The molecule has 0 saturated carbocycles. The Morgan fingerprint density at radius 3 is 3.17 bits per heavy atom. The summed E-state index contributed by atoms with van der Waals surface area (Å²) < 4.78 is 5.60. The molecule has 3 N–H and O–H groups in total. The molecule has 0 unspecified atom stereocenters. The van der Waals surface area contributed by atoms with Gasteiger partial charge in [0.15, 0.2) is 5.82 Å². The summed E-state index contributed by atoms with van der Waals surface area (Å²) in [5.41, 5.74) is 5.48. The largest absolute Gasteiger partial charge is 0.366 e. The van der Waals surface area contributed by atoms with E-state index in [1.54, 1.807) is 0 Å². The molecule has 2 rings (SSSR count). The highest BCUT2D eigenvalue weighted by molar-refractivity contribution is 4.91. The van der Waals surface area contributed by atoms with E-state index in [1.807, 2.05) is 0 Å². The van der Waals surface area contributed by atoms with Crippen molar-refractivity contribution in [3.63, 3.8) is 0 Å².